The monoisotopic (exact) mass is 338 g/mol. The highest BCUT2D eigenvalue weighted by Crippen LogP contribution is 2.24. The maximum Gasteiger partial charge on any atom is 0.310 e. The predicted octanol–water partition coefficient (Wildman–Crippen LogP) is 1.59. The van der Waals surface area contributed by atoms with E-state index in [-0.39, 0.29) is 17.8 Å². The lowest BCUT2D eigenvalue weighted by Gasteiger charge is -2.21. The number of pyridine rings is 1. The second-order valence-electron chi connectivity index (χ2n) is 5.73. The molecule has 2 rings (SSSR count). The number of guanidine groups is 1. The second-order valence-corrected chi connectivity index (χ2v) is 6.11. The molecule has 2 unspecified atom stereocenters. The largest absolute Gasteiger partial charge is 0.469 e. The Hall–Kier alpha value is -1.82. The molecule has 1 aromatic heterocycles. The lowest BCUT2D eigenvalue weighted by Crippen LogP contribution is -2.41. The fourth-order valence-corrected chi connectivity index (χ4v) is 2.91. The van der Waals surface area contributed by atoms with E-state index in [1.54, 1.807) is 19.3 Å². The van der Waals surface area contributed by atoms with Crippen LogP contribution in [0.25, 0.3) is 0 Å². The van der Waals surface area contributed by atoms with Gasteiger partial charge in [0.05, 0.1) is 13.0 Å². The summed E-state index contributed by atoms with van der Waals surface area (Å²) in [7, 11) is 3.19. The topological polar surface area (TPSA) is 66.8 Å². The van der Waals surface area contributed by atoms with E-state index in [9.17, 15) is 4.79 Å². The van der Waals surface area contributed by atoms with Gasteiger partial charge in [-0.25, -0.2) is 4.98 Å². The van der Waals surface area contributed by atoms with Crippen molar-refractivity contribution in [3.63, 3.8) is 0 Å². The van der Waals surface area contributed by atoms with Crippen LogP contribution in [-0.4, -0.2) is 55.6 Å². The summed E-state index contributed by atoms with van der Waals surface area (Å²) in [5.74, 6) is 0.813. The Labute approximate surface area is 141 Å². The zero-order chi connectivity index (χ0) is 16.8. The highest BCUT2D eigenvalue weighted by molar-refractivity contribution is 6.29. The molecule has 1 aliphatic rings. The Balaban J connectivity index is 1.86. The minimum absolute atomic E-state index is 0.0981. The summed E-state index contributed by atoms with van der Waals surface area (Å²) in [5, 5.41) is 3.83. The molecule has 2 heterocycles. The molecule has 0 saturated carbocycles. The van der Waals surface area contributed by atoms with Crippen molar-refractivity contribution in [2.75, 3.05) is 33.8 Å². The number of methoxy groups -OCH3 is 1. The molecule has 1 fully saturated rings. The van der Waals surface area contributed by atoms with Crippen molar-refractivity contribution >= 4 is 23.5 Å². The van der Waals surface area contributed by atoms with Crippen molar-refractivity contribution in [1.82, 2.24) is 15.2 Å². The Bertz CT molecular complexity index is 562. The van der Waals surface area contributed by atoms with Gasteiger partial charge in [-0.2, -0.15) is 0 Å². The summed E-state index contributed by atoms with van der Waals surface area (Å²) in [5.41, 5.74) is 1.11. The third kappa shape index (κ3) is 4.58. The van der Waals surface area contributed by atoms with Gasteiger partial charge in [-0.15, -0.1) is 0 Å². The number of nitrogens with one attached hydrogen (secondary N) is 1. The molecule has 0 spiro atoms. The van der Waals surface area contributed by atoms with Crippen LogP contribution in [0.5, 0.6) is 0 Å². The van der Waals surface area contributed by atoms with E-state index in [1.165, 1.54) is 7.11 Å². The zero-order valence-corrected chi connectivity index (χ0v) is 14.5. The molecule has 0 aromatic carbocycles. The van der Waals surface area contributed by atoms with Gasteiger partial charge in [-0.1, -0.05) is 24.6 Å². The standard InChI is InChI=1S/C16H23ClN4O2/c1-11-9-21(10-13(11)15(22)23-3)16(18-2)19-7-6-12-4-5-14(17)20-8-12/h4-5,8,11,13H,6-7,9-10H2,1-3H3,(H,18,19). The highest BCUT2D eigenvalue weighted by Gasteiger charge is 2.36. The maximum absolute atomic E-state index is 11.8. The number of hydrogen-bond acceptors (Lipinski definition) is 4. The number of halogens is 1. The number of ether oxygens (including phenoxy) is 1. The van der Waals surface area contributed by atoms with Gasteiger partial charge in [0, 0.05) is 32.9 Å². The van der Waals surface area contributed by atoms with E-state index in [2.05, 4.69) is 27.1 Å². The molecule has 0 aliphatic carbocycles. The van der Waals surface area contributed by atoms with E-state index >= 15 is 0 Å². The molecule has 1 aromatic rings. The number of nitrogens with zero attached hydrogens (tertiary/aromatic N) is 3. The first-order valence-electron chi connectivity index (χ1n) is 7.69. The number of hydrogen-bond donors (Lipinski definition) is 1. The minimum Gasteiger partial charge on any atom is -0.469 e. The minimum atomic E-state index is -0.150. The smallest absolute Gasteiger partial charge is 0.310 e. The number of rotatable bonds is 4. The van der Waals surface area contributed by atoms with Gasteiger partial charge in [0.1, 0.15) is 5.15 Å². The molecule has 6 nitrogen and oxygen atoms in total. The number of likely N-dealkylation sites (tertiary alicyclic amines) is 1. The Morgan fingerprint density at radius 3 is 2.91 bits per heavy atom. The lowest BCUT2D eigenvalue weighted by molar-refractivity contribution is -0.145. The molecule has 7 heteroatoms. The SMILES string of the molecule is CN=C(NCCc1ccc(Cl)nc1)N1CC(C)C(C(=O)OC)C1. The normalized spacial score (nSPS) is 21.4. The molecule has 0 bridgehead atoms. The number of carbonyl (C=O) groups excluding carboxylic acids is 1. The first-order chi connectivity index (χ1) is 11.0. The summed E-state index contributed by atoms with van der Waals surface area (Å²) >= 11 is 5.78. The van der Waals surface area contributed by atoms with Crippen LogP contribution in [-0.2, 0) is 16.0 Å². The third-order valence-corrected chi connectivity index (χ3v) is 4.34. The van der Waals surface area contributed by atoms with E-state index in [0.717, 1.165) is 31.0 Å². The summed E-state index contributed by atoms with van der Waals surface area (Å²) < 4.78 is 4.87. The van der Waals surface area contributed by atoms with Crippen LogP contribution in [0.4, 0.5) is 0 Å². The number of aromatic nitrogens is 1. The Kier molecular flexibility index (Phi) is 6.21. The summed E-state index contributed by atoms with van der Waals surface area (Å²) in [6, 6.07) is 3.75. The Morgan fingerprint density at radius 1 is 1.52 bits per heavy atom. The molecule has 1 N–H and O–H groups in total. The van der Waals surface area contributed by atoms with Crippen LogP contribution in [0.3, 0.4) is 0 Å². The van der Waals surface area contributed by atoms with Crippen LogP contribution in [0, 0.1) is 11.8 Å². The molecular formula is C16H23ClN4O2. The Morgan fingerprint density at radius 2 is 2.30 bits per heavy atom. The first kappa shape index (κ1) is 17.5. The van der Waals surface area contributed by atoms with Crippen molar-refractivity contribution in [2.24, 2.45) is 16.8 Å². The number of carbonyl (C=O) groups is 1. The van der Waals surface area contributed by atoms with E-state index < -0.39 is 0 Å². The highest BCUT2D eigenvalue weighted by atomic mass is 35.5. The van der Waals surface area contributed by atoms with Gasteiger partial charge in [-0.3, -0.25) is 9.79 Å². The summed E-state index contributed by atoms with van der Waals surface area (Å²) in [6.45, 7) is 4.23. The van der Waals surface area contributed by atoms with Gasteiger partial charge in [0.2, 0.25) is 0 Å². The van der Waals surface area contributed by atoms with Crippen LogP contribution in [0.2, 0.25) is 5.15 Å². The molecule has 126 valence electrons. The molecule has 0 amide bonds. The molecule has 0 radical (unpaired) electrons. The third-order valence-electron chi connectivity index (χ3n) is 4.11. The average molecular weight is 339 g/mol. The van der Waals surface area contributed by atoms with Crippen LogP contribution < -0.4 is 5.32 Å². The van der Waals surface area contributed by atoms with Gasteiger partial charge in [-0.05, 0) is 24.0 Å². The molecule has 1 saturated heterocycles. The summed E-state index contributed by atoms with van der Waals surface area (Å²) in [6.07, 6.45) is 2.60. The quantitative estimate of drug-likeness (QED) is 0.391. The van der Waals surface area contributed by atoms with Crippen LogP contribution >= 0.6 is 11.6 Å². The predicted molar refractivity (Wildman–Crippen MR) is 90.6 cm³/mol. The van der Waals surface area contributed by atoms with Crippen LogP contribution in [0.15, 0.2) is 23.3 Å². The molecule has 1 aliphatic heterocycles. The van der Waals surface area contributed by atoms with Gasteiger partial charge >= 0.3 is 5.97 Å². The molecule has 23 heavy (non-hydrogen) atoms. The number of esters is 1. The van der Waals surface area contributed by atoms with Gasteiger partial charge in [0.25, 0.3) is 0 Å². The van der Waals surface area contributed by atoms with Crippen molar-refractivity contribution in [2.45, 2.75) is 13.3 Å². The fraction of sp³-hybridized carbons (Fsp3) is 0.562. The van der Waals surface area contributed by atoms with Gasteiger partial charge in [0.15, 0.2) is 5.96 Å². The maximum atomic E-state index is 11.8. The summed E-state index contributed by atoms with van der Waals surface area (Å²) in [4.78, 5) is 22.3. The molecular weight excluding hydrogens is 316 g/mol. The van der Waals surface area contributed by atoms with E-state index in [4.69, 9.17) is 16.3 Å². The van der Waals surface area contributed by atoms with Crippen molar-refractivity contribution in [1.29, 1.82) is 0 Å². The lowest BCUT2D eigenvalue weighted by atomic mass is 9.99. The van der Waals surface area contributed by atoms with E-state index in [0.29, 0.717) is 11.7 Å². The van der Waals surface area contributed by atoms with Gasteiger partial charge < -0.3 is 15.0 Å². The fourth-order valence-electron chi connectivity index (χ4n) is 2.80. The van der Waals surface area contributed by atoms with Crippen molar-refractivity contribution in [3.8, 4) is 0 Å². The van der Waals surface area contributed by atoms with Crippen LogP contribution in [0.1, 0.15) is 12.5 Å². The van der Waals surface area contributed by atoms with E-state index in [1.807, 2.05) is 6.07 Å². The van der Waals surface area contributed by atoms with Crippen molar-refractivity contribution in [3.05, 3.63) is 29.0 Å². The second kappa shape index (κ2) is 8.15. The zero-order valence-electron chi connectivity index (χ0n) is 13.8. The molecule has 2 atom stereocenters. The first-order valence-corrected chi connectivity index (χ1v) is 8.06. The number of aliphatic imine (C=N–C) groups is 1. The average Bonchev–Trinajstić information content (AvgIpc) is 2.94. The van der Waals surface area contributed by atoms with Crippen molar-refractivity contribution < 1.29 is 9.53 Å².